The summed E-state index contributed by atoms with van der Waals surface area (Å²) >= 11 is 1.06. The third-order valence-electron chi connectivity index (χ3n) is 6.49. The summed E-state index contributed by atoms with van der Waals surface area (Å²) in [6.07, 6.45) is 0. The van der Waals surface area contributed by atoms with Crippen molar-refractivity contribution in [2.24, 2.45) is 0 Å². The fourth-order valence-corrected chi connectivity index (χ4v) is 5.61. The number of amides is 1. The molecule has 1 atom stereocenters. The van der Waals surface area contributed by atoms with Gasteiger partial charge in [0.1, 0.15) is 18.1 Å². The maximum Gasteiger partial charge on any atom is 0.301 e. The van der Waals surface area contributed by atoms with Crippen molar-refractivity contribution in [3.63, 3.8) is 0 Å². The number of Topliss-reactive ketones (excluding diaryl/α,β-unsaturated/α-hetero) is 2. The number of aryl methyl sites for hydroxylation is 2. The molecule has 0 saturated carbocycles. The van der Waals surface area contributed by atoms with Crippen molar-refractivity contribution in [3.8, 4) is 5.75 Å². The van der Waals surface area contributed by atoms with E-state index in [0.717, 1.165) is 22.5 Å². The molecule has 39 heavy (non-hydrogen) atoms. The van der Waals surface area contributed by atoms with Gasteiger partial charge < -0.3 is 9.84 Å². The van der Waals surface area contributed by atoms with E-state index in [4.69, 9.17) is 4.74 Å². The van der Waals surface area contributed by atoms with Crippen molar-refractivity contribution in [2.75, 3.05) is 4.90 Å². The molecular weight excluding hydrogens is 512 g/mol. The summed E-state index contributed by atoms with van der Waals surface area (Å²) < 4.78 is 5.88. The average molecular weight is 539 g/mol. The van der Waals surface area contributed by atoms with Gasteiger partial charge in [0, 0.05) is 12.5 Å². The largest absolute Gasteiger partial charge is 0.507 e. The number of aliphatic hydroxyl groups excluding tert-OH is 1. The highest BCUT2D eigenvalue weighted by atomic mass is 32.1. The molecule has 1 aliphatic rings. The minimum atomic E-state index is -0.909. The molecule has 8 heteroatoms. The van der Waals surface area contributed by atoms with Crippen LogP contribution in [0.15, 0.2) is 84.4 Å². The number of carbonyl (C=O) groups excluding carboxylic acids is 3. The topological polar surface area (TPSA) is 96.8 Å². The fourth-order valence-electron chi connectivity index (χ4n) is 4.63. The summed E-state index contributed by atoms with van der Waals surface area (Å²) in [5.74, 6) is -1.50. The summed E-state index contributed by atoms with van der Waals surface area (Å²) in [6, 6.07) is 22.8. The van der Waals surface area contributed by atoms with Gasteiger partial charge in [0.15, 0.2) is 10.9 Å². The number of thiazole rings is 1. The Hall–Kier alpha value is -4.56. The number of benzene rings is 3. The number of carbonyl (C=O) groups is 3. The molecule has 0 bridgehead atoms. The van der Waals surface area contributed by atoms with Crippen molar-refractivity contribution in [1.29, 1.82) is 0 Å². The lowest BCUT2D eigenvalue weighted by Crippen LogP contribution is -2.29. The Balaban J connectivity index is 1.51. The molecule has 1 amide bonds. The third kappa shape index (κ3) is 5.11. The van der Waals surface area contributed by atoms with Crippen LogP contribution in [0.5, 0.6) is 5.75 Å². The second-order valence-corrected chi connectivity index (χ2v) is 10.3. The molecule has 4 aromatic rings. The van der Waals surface area contributed by atoms with Crippen molar-refractivity contribution in [2.45, 2.75) is 33.4 Å². The Morgan fingerprint density at radius 1 is 1.00 bits per heavy atom. The Labute approximate surface area is 230 Å². The van der Waals surface area contributed by atoms with Crippen LogP contribution in [0.4, 0.5) is 5.13 Å². The van der Waals surface area contributed by atoms with Crippen LogP contribution in [-0.2, 0) is 16.2 Å². The van der Waals surface area contributed by atoms with Crippen LogP contribution in [0.2, 0.25) is 0 Å². The quantitative estimate of drug-likeness (QED) is 0.131. The first-order valence-corrected chi connectivity index (χ1v) is 13.2. The summed E-state index contributed by atoms with van der Waals surface area (Å²) in [4.78, 5) is 44.8. The van der Waals surface area contributed by atoms with Gasteiger partial charge in [-0.1, -0.05) is 71.5 Å². The van der Waals surface area contributed by atoms with E-state index < -0.39 is 17.7 Å². The molecule has 5 rings (SSSR count). The first kappa shape index (κ1) is 26.1. The normalized spacial score (nSPS) is 16.5. The van der Waals surface area contributed by atoms with E-state index >= 15 is 0 Å². The summed E-state index contributed by atoms with van der Waals surface area (Å²) in [7, 11) is 0. The number of ether oxygens (including phenoxy) is 1. The van der Waals surface area contributed by atoms with Gasteiger partial charge in [-0.15, -0.1) is 0 Å². The number of ketones is 2. The van der Waals surface area contributed by atoms with Crippen LogP contribution >= 0.6 is 11.3 Å². The van der Waals surface area contributed by atoms with Crippen molar-refractivity contribution in [1.82, 2.24) is 4.98 Å². The van der Waals surface area contributed by atoms with Gasteiger partial charge in [-0.2, -0.15) is 0 Å². The van der Waals surface area contributed by atoms with Gasteiger partial charge in [-0.25, -0.2) is 4.98 Å². The molecule has 2 heterocycles. The number of nitrogens with zero attached hydrogens (tertiary/aromatic N) is 2. The summed E-state index contributed by atoms with van der Waals surface area (Å²) in [5.41, 5.74) is 3.63. The number of anilines is 1. The van der Waals surface area contributed by atoms with Gasteiger partial charge in [0.25, 0.3) is 5.78 Å². The number of aromatic nitrogens is 1. The maximum absolute atomic E-state index is 13.3. The molecule has 196 valence electrons. The summed E-state index contributed by atoms with van der Waals surface area (Å²) in [6.45, 7) is 5.53. The molecule has 1 N–H and O–H groups in total. The standard InChI is InChI=1S/C31H26N2O5S/c1-18-8-7-9-21(16-18)17-38-24-14-12-23(13-15-24)27(35)25-26(22-10-5-4-6-11-22)33(30(37)28(25)36)31-32-19(2)29(39-31)20(3)34/h4-16,26,35H,17H2,1-3H3/t26-/m0/s1. The molecule has 7 nitrogen and oxygen atoms in total. The lowest BCUT2D eigenvalue weighted by Gasteiger charge is -2.23. The van der Waals surface area contributed by atoms with Gasteiger partial charge in [-0.05, 0) is 49.2 Å². The highest BCUT2D eigenvalue weighted by molar-refractivity contribution is 7.18. The zero-order valence-corrected chi connectivity index (χ0v) is 22.5. The van der Waals surface area contributed by atoms with Crippen molar-refractivity contribution in [3.05, 3.63) is 117 Å². The molecule has 0 unspecified atom stereocenters. The van der Waals surface area contributed by atoms with Crippen LogP contribution in [0.1, 0.15) is 50.6 Å². The van der Waals surface area contributed by atoms with Crippen LogP contribution in [0, 0.1) is 13.8 Å². The minimum Gasteiger partial charge on any atom is -0.507 e. The second-order valence-electron chi connectivity index (χ2n) is 9.35. The molecule has 1 aromatic heterocycles. The van der Waals surface area contributed by atoms with E-state index in [1.165, 1.54) is 11.8 Å². The van der Waals surface area contributed by atoms with Crippen LogP contribution in [-0.4, -0.2) is 27.6 Å². The van der Waals surface area contributed by atoms with E-state index in [-0.39, 0.29) is 22.2 Å². The number of rotatable bonds is 7. The van der Waals surface area contributed by atoms with E-state index in [9.17, 15) is 19.5 Å². The van der Waals surface area contributed by atoms with Crippen molar-refractivity contribution >= 4 is 39.7 Å². The lowest BCUT2D eigenvalue weighted by molar-refractivity contribution is -0.132. The SMILES string of the molecule is CC(=O)c1sc(N2C(=O)C(=O)C(=C(O)c3ccc(OCc4cccc(C)c4)cc3)[C@@H]2c2ccccc2)nc1C. The second kappa shape index (κ2) is 10.7. The lowest BCUT2D eigenvalue weighted by atomic mass is 9.95. The Morgan fingerprint density at radius 3 is 2.36 bits per heavy atom. The van der Waals surface area contributed by atoms with Crippen LogP contribution in [0.3, 0.4) is 0 Å². The Bertz CT molecular complexity index is 1610. The van der Waals surface area contributed by atoms with Crippen molar-refractivity contribution < 1.29 is 24.2 Å². The molecule has 0 spiro atoms. The highest BCUT2D eigenvalue weighted by Gasteiger charge is 2.48. The van der Waals surface area contributed by atoms with E-state index in [1.54, 1.807) is 55.5 Å². The van der Waals surface area contributed by atoms with E-state index in [0.29, 0.717) is 34.1 Å². The molecule has 1 saturated heterocycles. The van der Waals surface area contributed by atoms with Gasteiger partial charge in [0.2, 0.25) is 0 Å². The van der Waals surface area contributed by atoms with Crippen LogP contribution < -0.4 is 9.64 Å². The maximum atomic E-state index is 13.3. The molecular formula is C31H26N2O5S. The zero-order valence-electron chi connectivity index (χ0n) is 21.7. The predicted molar refractivity (Wildman–Crippen MR) is 150 cm³/mol. The Morgan fingerprint density at radius 2 is 1.72 bits per heavy atom. The first-order chi connectivity index (χ1) is 18.7. The molecule has 1 fully saturated rings. The van der Waals surface area contributed by atoms with Gasteiger partial charge >= 0.3 is 5.91 Å². The van der Waals surface area contributed by atoms with Gasteiger partial charge in [-0.3, -0.25) is 19.3 Å². The molecule has 0 radical (unpaired) electrons. The molecule has 3 aromatic carbocycles. The number of aliphatic hydroxyl groups is 1. The fraction of sp³-hybridized carbons (Fsp3) is 0.161. The van der Waals surface area contributed by atoms with Gasteiger partial charge in [0.05, 0.1) is 22.2 Å². The Kier molecular flexibility index (Phi) is 7.13. The zero-order chi connectivity index (χ0) is 27.7. The minimum absolute atomic E-state index is 0.0446. The highest BCUT2D eigenvalue weighted by Crippen LogP contribution is 2.43. The van der Waals surface area contributed by atoms with E-state index in [1.807, 2.05) is 37.3 Å². The van der Waals surface area contributed by atoms with Crippen LogP contribution in [0.25, 0.3) is 5.76 Å². The van der Waals surface area contributed by atoms with E-state index in [2.05, 4.69) is 4.98 Å². The average Bonchev–Trinajstić information content (AvgIpc) is 3.44. The molecule has 1 aliphatic heterocycles. The predicted octanol–water partition coefficient (Wildman–Crippen LogP) is 6.17. The summed E-state index contributed by atoms with van der Waals surface area (Å²) in [5, 5.41) is 11.6. The third-order valence-corrected chi connectivity index (χ3v) is 7.74. The number of hydrogen-bond acceptors (Lipinski definition) is 7. The number of hydrogen-bond donors (Lipinski definition) is 1. The smallest absolute Gasteiger partial charge is 0.301 e. The monoisotopic (exact) mass is 538 g/mol. The first-order valence-electron chi connectivity index (χ1n) is 12.4. The molecule has 0 aliphatic carbocycles.